The van der Waals surface area contributed by atoms with Gasteiger partial charge in [-0.05, 0) is 62.6 Å². The third-order valence-electron chi connectivity index (χ3n) is 5.40. The monoisotopic (exact) mass is 405 g/mol. The fourth-order valence-electron chi connectivity index (χ4n) is 3.78. The first kappa shape index (κ1) is 18.8. The molecule has 2 aromatic rings. The maximum Gasteiger partial charge on any atom is 0.277 e. The second kappa shape index (κ2) is 8.23. The quantitative estimate of drug-likeness (QED) is 0.629. The molecule has 1 heterocycles. The van der Waals surface area contributed by atoms with E-state index >= 15 is 0 Å². The van der Waals surface area contributed by atoms with Crippen molar-refractivity contribution in [3.63, 3.8) is 0 Å². The Labute approximate surface area is 168 Å². The van der Waals surface area contributed by atoms with Crippen molar-refractivity contribution in [3.8, 4) is 11.5 Å². The highest BCUT2D eigenvalue weighted by atomic mass is 35.5. The predicted molar refractivity (Wildman–Crippen MR) is 107 cm³/mol. The molecule has 1 amide bonds. The highest BCUT2D eigenvalue weighted by molar-refractivity contribution is 7.99. The molecule has 0 spiro atoms. The third-order valence-corrected chi connectivity index (χ3v) is 6.44. The first-order valence-electron chi connectivity index (χ1n) is 9.63. The lowest BCUT2D eigenvalue weighted by Crippen LogP contribution is -2.44. The molecule has 5 nitrogen and oxygen atoms in total. The van der Waals surface area contributed by atoms with Crippen LogP contribution < -0.4 is 0 Å². The molecule has 0 aliphatic heterocycles. The molecule has 0 bridgehead atoms. The molecular weight excluding hydrogens is 382 g/mol. The van der Waals surface area contributed by atoms with Crippen molar-refractivity contribution in [2.75, 3.05) is 5.75 Å². The van der Waals surface area contributed by atoms with E-state index in [1.54, 1.807) is 12.1 Å². The Morgan fingerprint density at radius 2 is 1.89 bits per heavy atom. The van der Waals surface area contributed by atoms with Crippen molar-refractivity contribution in [2.45, 2.75) is 62.8 Å². The molecule has 1 aromatic carbocycles. The summed E-state index contributed by atoms with van der Waals surface area (Å²) in [5.41, 5.74) is 0.782. The summed E-state index contributed by atoms with van der Waals surface area (Å²) in [4.78, 5) is 15.1. The smallest absolute Gasteiger partial charge is 0.277 e. The second-order valence-corrected chi connectivity index (χ2v) is 8.98. The van der Waals surface area contributed by atoms with Crippen LogP contribution in [0.15, 0.2) is 33.9 Å². The van der Waals surface area contributed by atoms with Gasteiger partial charge in [-0.3, -0.25) is 4.79 Å². The summed E-state index contributed by atoms with van der Waals surface area (Å²) in [6, 6.07) is 8.16. The van der Waals surface area contributed by atoms with Gasteiger partial charge in [0, 0.05) is 22.7 Å². The summed E-state index contributed by atoms with van der Waals surface area (Å²) < 4.78 is 5.70. The molecule has 2 saturated carbocycles. The minimum Gasteiger partial charge on any atom is -0.411 e. The molecule has 0 atom stereocenters. The highest BCUT2D eigenvalue weighted by Gasteiger charge is 2.38. The molecular formula is C20H24ClN3O2S. The molecule has 0 unspecified atom stereocenters. The van der Waals surface area contributed by atoms with Crippen LogP contribution in [0.3, 0.4) is 0 Å². The number of hydrogen-bond donors (Lipinski definition) is 0. The van der Waals surface area contributed by atoms with Crippen LogP contribution in [0.1, 0.15) is 45.4 Å². The number of thioether (sulfide) groups is 1. The van der Waals surface area contributed by atoms with Crippen LogP contribution in [0.5, 0.6) is 0 Å². The molecule has 2 aliphatic carbocycles. The van der Waals surface area contributed by atoms with Gasteiger partial charge in [0.1, 0.15) is 0 Å². The van der Waals surface area contributed by atoms with Gasteiger partial charge in [0.15, 0.2) is 0 Å². The van der Waals surface area contributed by atoms with Gasteiger partial charge in [-0.15, -0.1) is 10.2 Å². The summed E-state index contributed by atoms with van der Waals surface area (Å²) in [5, 5.41) is 9.19. The summed E-state index contributed by atoms with van der Waals surface area (Å²) in [6.07, 6.45) is 6.99. The van der Waals surface area contributed by atoms with Crippen molar-refractivity contribution in [2.24, 2.45) is 5.92 Å². The normalized spacial score (nSPS) is 22.6. The van der Waals surface area contributed by atoms with Crippen LogP contribution in [0.25, 0.3) is 11.5 Å². The van der Waals surface area contributed by atoms with Crippen molar-refractivity contribution in [1.29, 1.82) is 0 Å². The Morgan fingerprint density at radius 1 is 1.19 bits per heavy atom. The number of hydrogen-bond acceptors (Lipinski definition) is 5. The first-order valence-corrected chi connectivity index (χ1v) is 11.0. The Kier molecular flexibility index (Phi) is 5.74. The molecule has 1 aromatic heterocycles. The van der Waals surface area contributed by atoms with Crippen LogP contribution in [0.2, 0.25) is 5.02 Å². The van der Waals surface area contributed by atoms with Gasteiger partial charge in [0.2, 0.25) is 11.8 Å². The van der Waals surface area contributed by atoms with Crippen LogP contribution in [0, 0.1) is 5.92 Å². The maximum atomic E-state index is 12.9. The molecule has 27 heavy (non-hydrogen) atoms. The zero-order chi connectivity index (χ0) is 18.8. The van der Waals surface area contributed by atoms with Crippen molar-refractivity contribution < 1.29 is 9.21 Å². The summed E-state index contributed by atoms with van der Waals surface area (Å²) in [5.74, 6) is 1.76. The van der Waals surface area contributed by atoms with Crippen molar-refractivity contribution in [1.82, 2.24) is 15.1 Å². The first-order chi connectivity index (χ1) is 13.1. The Hall–Kier alpha value is -1.53. The van der Waals surface area contributed by atoms with Gasteiger partial charge in [0.05, 0.1) is 5.75 Å². The third kappa shape index (κ3) is 4.66. The van der Waals surface area contributed by atoms with E-state index in [4.69, 9.17) is 16.0 Å². The summed E-state index contributed by atoms with van der Waals surface area (Å²) in [7, 11) is 0. The average Bonchev–Trinajstić information content (AvgIpc) is 3.38. The van der Waals surface area contributed by atoms with Gasteiger partial charge in [-0.25, -0.2) is 0 Å². The van der Waals surface area contributed by atoms with Crippen molar-refractivity contribution in [3.05, 3.63) is 29.3 Å². The van der Waals surface area contributed by atoms with E-state index in [9.17, 15) is 4.79 Å². The van der Waals surface area contributed by atoms with Gasteiger partial charge < -0.3 is 9.32 Å². The van der Waals surface area contributed by atoms with E-state index in [0.717, 1.165) is 37.2 Å². The number of benzene rings is 1. The van der Waals surface area contributed by atoms with E-state index in [2.05, 4.69) is 22.0 Å². The lowest BCUT2D eigenvalue weighted by molar-refractivity contribution is -0.132. The lowest BCUT2D eigenvalue weighted by atomic mass is 9.86. The number of nitrogens with zero attached hydrogens (tertiary/aromatic N) is 3. The SMILES string of the molecule is CC1CCC(N(C(=O)CSc2nnc(-c3cccc(Cl)c3)o2)C2CC2)CC1. The van der Waals surface area contributed by atoms with E-state index in [1.165, 1.54) is 24.6 Å². The van der Waals surface area contributed by atoms with E-state index < -0.39 is 0 Å². The molecule has 0 radical (unpaired) electrons. The molecule has 144 valence electrons. The van der Waals surface area contributed by atoms with Gasteiger partial charge in [0.25, 0.3) is 5.22 Å². The fourth-order valence-corrected chi connectivity index (χ4v) is 4.61. The van der Waals surface area contributed by atoms with E-state index in [0.29, 0.717) is 34.0 Å². The van der Waals surface area contributed by atoms with E-state index in [-0.39, 0.29) is 5.91 Å². The van der Waals surface area contributed by atoms with Crippen LogP contribution in [0.4, 0.5) is 0 Å². The van der Waals surface area contributed by atoms with Crippen LogP contribution in [-0.2, 0) is 4.79 Å². The predicted octanol–water partition coefficient (Wildman–Crippen LogP) is 5.05. The summed E-state index contributed by atoms with van der Waals surface area (Å²) in [6.45, 7) is 2.31. The fraction of sp³-hybridized carbons (Fsp3) is 0.550. The number of carbonyl (C=O) groups is 1. The molecule has 0 saturated heterocycles. The standard InChI is InChI=1S/C20H24ClN3O2S/c1-13-5-7-16(8-6-13)24(17-9-10-17)18(25)12-27-20-23-22-19(26-20)14-3-2-4-15(21)11-14/h2-4,11,13,16-17H,5-10,12H2,1H3. The average molecular weight is 406 g/mol. The number of aromatic nitrogens is 2. The number of carbonyl (C=O) groups excluding carboxylic acids is 1. The Morgan fingerprint density at radius 3 is 2.56 bits per heavy atom. The zero-order valence-electron chi connectivity index (χ0n) is 15.4. The molecule has 4 rings (SSSR count). The van der Waals surface area contributed by atoms with Crippen LogP contribution in [-0.4, -0.2) is 38.8 Å². The van der Waals surface area contributed by atoms with Gasteiger partial charge >= 0.3 is 0 Å². The lowest BCUT2D eigenvalue weighted by Gasteiger charge is -2.36. The Bertz CT molecular complexity index is 800. The molecule has 0 N–H and O–H groups in total. The van der Waals surface area contributed by atoms with Gasteiger partial charge in [-0.2, -0.15) is 0 Å². The van der Waals surface area contributed by atoms with Crippen LogP contribution >= 0.6 is 23.4 Å². The second-order valence-electron chi connectivity index (χ2n) is 7.62. The highest BCUT2D eigenvalue weighted by Crippen LogP contribution is 2.36. The molecule has 2 aliphatic rings. The largest absolute Gasteiger partial charge is 0.411 e. The minimum absolute atomic E-state index is 0.199. The van der Waals surface area contributed by atoms with Gasteiger partial charge in [-0.1, -0.05) is 36.4 Å². The summed E-state index contributed by atoms with van der Waals surface area (Å²) >= 11 is 7.33. The molecule has 7 heteroatoms. The minimum atomic E-state index is 0.199. The number of halogens is 1. The Balaban J connectivity index is 1.37. The maximum absolute atomic E-state index is 12.9. The zero-order valence-corrected chi connectivity index (χ0v) is 17.0. The van der Waals surface area contributed by atoms with E-state index in [1.807, 2.05) is 12.1 Å². The molecule has 2 fully saturated rings. The van der Waals surface area contributed by atoms with Crippen molar-refractivity contribution >= 4 is 29.3 Å². The topological polar surface area (TPSA) is 59.2 Å². The number of amides is 1. The number of rotatable bonds is 6.